The highest BCUT2D eigenvalue weighted by Crippen LogP contribution is 2.60. The molecule has 1 unspecified atom stereocenters. The second-order valence-electron chi connectivity index (χ2n) is 9.28. The maximum atomic E-state index is 13.0. The van der Waals surface area contributed by atoms with Crippen LogP contribution in [-0.2, 0) is 21.4 Å². The molecule has 1 aliphatic heterocycles. The number of carbonyl (C=O) groups is 1. The Labute approximate surface area is 182 Å². The lowest BCUT2D eigenvalue weighted by Gasteiger charge is -2.50. The van der Waals surface area contributed by atoms with Crippen LogP contribution in [0.4, 0.5) is 0 Å². The lowest BCUT2D eigenvalue weighted by molar-refractivity contribution is -0.144. The van der Waals surface area contributed by atoms with Gasteiger partial charge in [0.15, 0.2) is 11.5 Å². The third-order valence-corrected chi connectivity index (χ3v) is 7.36. The topological polar surface area (TPSA) is 48.0 Å². The Bertz CT molecular complexity index is 762. The highest BCUT2D eigenvalue weighted by Gasteiger charge is 2.62. The van der Waals surface area contributed by atoms with Gasteiger partial charge in [-0.25, -0.2) is 0 Å². The zero-order chi connectivity index (χ0) is 22.1. The van der Waals surface area contributed by atoms with Gasteiger partial charge in [-0.15, -0.1) is 0 Å². The van der Waals surface area contributed by atoms with Crippen LogP contribution in [0.5, 0.6) is 11.5 Å². The van der Waals surface area contributed by atoms with Crippen LogP contribution in [-0.4, -0.2) is 57.8 Å². The van der Waals surface area contributed by atoms with E-state index in [1.165, 1.54) is 11.1 Å². The van der Waals surface area contributed by atoms with Crippen molar-refractivity contribution in [2.75, 3.05) is 34.9 Å². The van der Waals surface area contributed by atoms with Crippen molar-refractivity contribution in [3.05, 3.63) is 23.3 Å². The quantitative estimate of drug-likeness (QED) is 0.601. The van der Waals surface area contributed by atoms with E-state index in [1.54, 1.807) is 14.2 Å². The molecule has 1 saturated carbocycles. The van der Waals surface area contributed by atoms with E-state index in [2.05, 4.69) is 45.8 Å². The van der Waals surface area contributed by atoms with E-state index in [1.807, 2.05) is 6.07 Å². The number of hydrogen-bond donors (Lipinski definition) is 0. The van der Waals surface area contributed by atoms with Crippen molar-refractivity contribution < 1.29 is 19.0 Å². The van der Waals surface area contributed by atoms with Gasteiger partial charge in [-0.3, -0.25) is 4.79 Å². The summed E-state index contributed by atoms with van der Waals surface area (Å²) in [4.78, 5) is 15.3. The Morgan fingerprint density at radius 2 is 2.00 bits per heavy atom. The van der Waals surface area contributed by atoms with E-state index in [4.69, 9.17) is 14.2 Å². The molecule has 5 nitrogen and oxygen atoms in total. The van der Waals surface area contributed by atoms with Gasteiger partial charge in [0.05, 0.1) is 7.11 Å². The monoisotopic (exact) mass is 417 g/mol. The number of rotatable bonds is 9. The fourth-order valence-electron chi connectivity index (χ4n) is 5.84. The largest absolute Gasteiger partial charge is 0.493 e. The second-order valence-corrected chi connectivity index (χ2v) is 9.28. The van der Waals surface area contributed by atoms with Crippen LogP contribution in [0.2, 0.25) is 0 Å². The summed E-state index contributed by atoms with van der Waals surface area (Å²) >= 11 is 0. The summed E-state index contributed by atoms with van der Waals surface area (Å²) in [5, 5.41) is 0. The van der Waals surface area contributed by atoms with Crippen LogP contribution in [0.1, 0.15) is 57.6 Å². The molecule has 1 aromatic rings. The van der Waals surface area contributed by atoms with Gasteiger partial charge in [-0.2, -0.15) is 0 Å². The molecule has 5 heteroatoms. The molecule has 168 valence electrons. The number of carbonyl (C=O) groups excluding carboxylic acids is 1. The number of ether oxygens (including phenoxy) is 3. The van der Waals surface area contributed by atoms with Gasteiger partial charge in [0.2, 0.25) is 0 Å². The smallest absolute Gasteiger partial charge is 0.165 e. The molecule has 5 atom stereocenters. The van der Waals surface area contributed by atoms with Crippen molar-refractivity contribution in [3.8, 4) is 11.5 Å². The van der Waals surface area contributed by atoms with Crippen molar-refractivity contribution in [2.45, 2.75) is 70.5 Å². The molecule has 0 aromatic heterocycles. The van der Waals surface area contributed by atoms with Crippen molar-refractivity contribution in [3.63, 3.8) is 0 Å². The Hall–Kier alpha value is -1.59. The number of hydrogen-bond acceptors (Lipinski definition) is 5. The molecule has 0 saturated heterocycles. The predicted molar refractivity (Wildman–Crippen MR) is 120 cm³/mol. The summed E-state index contributed by atoms with van der Waals surface area (Å²) < 4.78 is 18.5. The fraction of sp³-hybridized carbons (Fsp3) is 0.720. The molecular formula is C25H39NO4. The predicted octanol–water partition coefficient (Wildman–Crippen LogP) is 4.25. The van der Waals surface area contributed by atoms with Crippen molar-refractivity contribution in [2.24, 2.45) is 11.8 Å². The zero-order valence-corrected chi connectivity index (χ0v) is 19.8. The van der Waals surface area contributed by atoms with Crippen LogP contribution in [0, 0.1) is 11.8 Å². The summed E-state index contributed by atoms with van der Waals surface area (Å²) in [6.07, 6.45) is 3.78. The molecule has 0 radical (unpaired) electrons. The molecule has 30 heavy (non-hydrogen) atoms. The maximum absolute atomic E-state index is 13.0. The summed E-state index contributed by atoms with van der Waals surface area (Å²) in [6.45, 7) is 7.52. The fourth-order valence-corrected chi connectivity index (χ4v) is 5.84. The lowest BCUT2D eigenvalue weighted by atomic mass is 9.56. The average Bonchev–Trinajstić information content (AvgIpc) is 3.08. The number of nitrogens with zero attached hydrogens (tertiary/aromatic N) is 1. The third kappa shape index (κ3) is 3.64. The second kappa shape index (κ2) is 9.27. The van der Waals surface area contributed by atoms with Gasteiger partial charge in [-0.05, 0) is 63.9 Å². The SMILES string of the molecule is CCCC(=O)[C@H]1CC(C)[C@@]2(CCN(C)C)c3c(CC)ccc(OC)c3O[C@H]2[C@@H]1OC. The van der Waals surface area contributed by atoms with Crippen molar-refractivity contribution in [1.82, 2.24) is 4.90 Å². The molecule has 0 spiro atoms. The highest BCUT2D eigenvalue weighted by molar-refractivity contribution is 5.82. The first-order valence-electron chi connectivity index (χ1n) is 11.4. The van der Waals surface area contributed by atoms with E-state index in [0.29, 0.717) is 18.1 Å². The maximum Gasteiger partial charge on any atom is 0.165 e. The molecule has 2 aliphatic rings. The molecule has 0 N–H and O–H groups in total. The molecule has 1 fully saturated rings. The van der Waals surface area contributed by atoms with Crippen LogP contribution in [0.3, 0.4) is 0 Å². The van der Waals surface area contributed by atoms with E-state index < -0.39 is 0 Å². The first kappa shape index (κ1) is 23.1. The minimum atomic E-state index is -0.246. The number of Topliss-reactive ketones (excluding diaryl/α,β-unsaturated/α-hetero) is 1. The van der Waals surface area contributed by atoms with Crippen LogP contribution < -0.4 is 9.47 Å². The molecule has 3 rings (SSSR count). The number of fused-ring (bicyclic) bond motifs is 3. The Morgan fingerprint density at radius 3 is 2.57 bits per heavy atom. The normalized spacial score (nSPS) is 30.0. The standard InChI is InChI=1S/C25H39NO4/c1-8-10-19(27)18-15-16(3)25(13-14-26(4)5)21-17(9-2)11-12-20(28-6)23(21)30-24(25)22(18)29-7/h11-12,16,18,22,24H,8-10,13-15H2,1-7H3/t16?,18-,22-,24+,25+/m1/s1. The molecule has 1 aliphatic carbocycles. The van der Waals surface area contributed by atoms with Gasteiger partial charge in [0.1, 0.15) is 18.0 Å². The highest BCUT2D eigenvalue weighted by atomic mass is 16.6. The van der Waals surface area contributed by atoms with E-state index in [-0.39, 0.29) is 23.5 Å². The van der Waals surface area contributed by atoms with Gasteiger partial charge in [0.25, 0.3) is 0 Å². The number of methoxy groups -OCH3 is 2. The first-order chi connectivity index (χ1) is 14.3. The van der Waals surface area contributed by atoms with Gasteiger partial charge < -0.3 is 19.1 Å². The molecular weight excluding hydrogens is 378 g/mol. The van der Waals surface area contributed by atoms with E-state index >= 15 is 0 Å². The average molecular weight is 418 g/mol. The van der Waals surface area contributed by atoms with Crippen LogP contribution in [0.15, 0.2) is 12.1 Å². The molecule has 0 bridgehead atoms. The van der Waals surface area contributed by atoms with E-state index in [0.717, 1.165) is 43.7 Å². The third-order valence-electron chi connectivity index (χ3n) is 7.36. The van der Waals surface area contributed by atoms with Crippen LogP contribution in [0.25, 0.3) is 0 Å². The number of benzene rings is 1. The lowest BCUT2D eigenvalue weighted by Crippen LogP contribution is -2.60. The Kier molecular flexibility index (Phi) is 7.13. The summed E-state index contributed by atoms with van der Waals surface area (Å²) in [6, 6.07) is 4.20. The summed E-state index contributed by atoms with van der Waals surface area (Å²) in [5.41, 5.74) is 2.41. The Balaban J connectivity index is 2.18. The van der Waals surface area contributed by atoms with Crippen molar-refractivity contribution >= 4 is 5.78 Å². The zero-order valence-electron chi connectivity index (χ0n) is 19.8. The van der Waals surface area contributed by atoms with E-state index in [9.17, 15) is 4.79 Å². The van der Waals surface area contributed by atoms with Gasteiger partial charge in [0, 0.05) is 30.4 Å². The van der Waals surface area contributed by atoms with Gasteiger partial charge >= 0.3 is 0 Å². The van der Waals surface area contributed by atoms with Gasteiger partial charge in [-0.1, -0.05) is 26.8 Å². The summed E-state index contributed by atoms with van der Waals surface area (Å²) in [5.74, 6) is 2.13. The number of aryl methyl sites for hydroxylation is 1. The minimum Gasteiger partial charge on any atom is -0.493 e. The Morgan fingerprint density at radius 1 is 1.27 bits per heavy atom. The first-order valence-corrected chi connectivity index (χ1v) is 11.4. The van der Waals surface area contributed by atoms with Crippen molar-refractivity contribution in [1.29, 1.82) is 0 Å². The minimum absolute atomic E-state index is 0.118. The van der Waals surface area contributed by atoms with Crippen LogP contribution >= 0.6 is 0 Å². The number of ketones is 1. The molecule has 0 amide bonds. The molecule has 1 aromatic carbocycles. The molecule has 1 heterocycles. The summed E-state index contributed by atoms with van der Waals surface area (Å²) in [7, 11) is 7.66.